The molecule has 5 nitrogen and oxygen atoms in total. The summed E-state index contributed by atoms with van der Waals surface area (Å²) in [6.45, 7) is 0. The Bertz CT molecular complexity index is 866. The molecule has 1 amide bonds. The minimum absolute atomic E-state index is 0.107. The van der Waals surface area contributed by atoms with Gasteiger partial charge in [-0.05, 0) is 36.4 Å². The fourth-order valence-corrected chi connectivity index (χ4v) is 3.39. The molecule has 0 bridgehead atoms. The summed E-state index contributed by atoms with van der Waals surface area (Å²) in [5.41, 5.74) is 3.35. The topological polar surface area (TPSA) is 67.0 Å². The second-order valence-electron chi connectivity index (χ2n) is 5.77. The van der Waals surface area contributed by atoms with Gasteiger partial charge in [0.05, 0.1) is 23.4 Å². The van der Waals surface area contributed by atoms with Crippen molar-refractivity contribution in [2.24, 2.45) is 0 Å². The van der Waals surface area contributed by atoms with Crippen molar-refractivity contribution in [3.63, 3.8) is 0 Å². The third-order valence-corrected chi connectivity index (χ3v) is 4.99. The number of carbonyl (C=O) groups is 1. The van der Waals surface area contributed by atoms with Gasteiger partial charge in [-0.1, -0.05) is 18.2 Å². The third-order valence-electron chi connectivity index (χ3n) is 4.13. The van der Waals surface area contributed by atoms with Crippen LogP contribution in [0.25, 0.3) is 11.3 Å². The lowest BCUT2D eigenvalue weighted by atomic mass is 10.1. The molecule has 4 rings (SSSR count). The number of hydrogen-bond acceptors (Lipinski definition) is 4. The Balaban J connectivity index is 1.76. The first-order valence-electron chi connectivity index (χ1n) is 7.84. The average molecular weight is 339 g/mol. The lowest BCUT2D eigenvalue weighted by Gasteiger charge is -2.10. The predicted octanol–water partition coefficient (Wildman–Crippen LogP) is 4.28. The van der Waals surface area contributed by atoms with Gasteiger partial charge < -0.3 is 10.1 Å². The number of thiophene rings is 1. The van der Waals surface area contributed by atoms with Crippen LogP contribution in [0.15, 0.2) is 41.8 Å². The standard InChI is InChI=1S/C18H17N3O2S/c1-23-13-6-3-2-5-12(13)16-17(15(20-21-16)11-8-9-11)19-18(22)14-7-4-10-24-14/h2-7,10-11H,8-9H2,1H3,(H,19,22)(H,20,21). The normalized spacial score (nSPS) is 13.7. The molecule has 2 heterocycles. The SMILES string of the molecule is COc1ccccc1-c1n[nH]c(C2CC2)c1NC(=O)c1cccs1. The largest absolute Gasteiger partial charge is 0.496 e. The van der Waals surface area contributed by atoms with Gasteiger partial charge in [-0.15, -0.1) is 11.3 Å². The molecule has 2 aromatic heterocycles. The third kappa shape index (κ3) is 2.69. The summed E-state index contributed by atoms with van der Waals surface area (Å²) in [6.07, 6.45) is 2.24. The van der Waals surface area contributed by atoms with Gasteiger partial charge in [-0.2, -0.15) is 5.10 Å². The molecule has 0 aliphatic heterocycles. The second kappa shape index (κ2) is 6.13. The quantitative estimate of drug-likeness (QED) is 0.729. The number of aromatic nitrogens is 2. The number of benzene rings is 1. The van der Waals surface area contributed by atoms with Crippen LogP contribution in [0.2, 0.25) is 0 Å². The first kappa shape index (κ1) is 15.0. The number of para-hydroxylation sites is 1. The second-order valence-corrected chi connectivity index (χ2v) is 6.71. The van der Waals surface area contributed by atoms with Crippen molar-refractivity contribution in [1.82, 2.24) is 10.2 Å². The van der Waals surface area contributed by atoms with Gasteiger partial charge in [0.1, 0.15) is 11.4 Å². The molecule has 0 unspecified atom stereocenters. The van der Waals surface area contributed by atoms with Crippen molar-refractivity contribution in [3.05, 3.63) is 52.3 Å². The molecule has 0 spiro atoms. The Kier molecular flexibility index (Phi) is 3.82. The number of anilines is 1. The van der Waals surface area contributed by atoms with E-state index in [9.17, 15) is 4.79 Å². The Morgan fingerprint density at radius 3 is 2.83 bits per heavy atom. The molecular formula is C18H17N3O2S. The number of hydrogen-bond donors (Lipinski definition) is 2. The summed E-state index contributed by atoms with van der Waals surface area (Å²) >= 11 is 1.42. The number of aromatic amines is 1. The van der Waals surface area contributed by atoms with E-state index in [0.29, 0.717) is 10.8 Å². The monoisotopic (exact) mass is 339 g/mol. The average Bonchev–Trinajstić information content (AvgIpc) is 3.14. The van der Waals surface area contributed by atoms with Gasteiger partial charge in [-0.25, -0.2) is 0 Å². The number of nitrogens with zero attached hydrogens (tertiary/aromatic N) is 1. The summed E-state index contributed by atoms with van der Waals surface area (Å²) < 4.78 is 5.45. The van der Waals surface area contributed by atoms with E-state index in [1.54, 1.807) is 7.11 Å². The molecule has 24 heavy (non-hydrogen) atoms. The molecular weight excluding hydrogens is 322 g/mol. The van der Waals surface area contributed by atoms with Gasteiger partial charge in [-0.3, -0.25) is 9.89 Å². The maximum Gasteiger partial charge on any atom is 0.265 e. The smallest absolute Gasteiger partial charge is 0.265 e. The van der Waals surface area contributed by atoms with Gasteiger partial charge in [0.2, 0.25) is 0 Å². The summed E-state index contributed by atoms with van der Waals surface area (Å²) in [7, 11) is 1.64. The first-order valence-corrected chi connectivity index (χ1v) is 8.72. The summed E-state index contributed by atoms with van der Waals surface area (Å²) in [4.78, 5) is 13.2. The highest BCUT2D eigenvalue weighted by molar-refractivity contribution is 7.12. The number of rotatable bonds is 5. The Hall–Kier alpha value is -2.60. The molecule has 122 valence electrons. The van der Waals surface area contributed by atoms with Crippen LogP contribution in [0.3, 0.4) is 0 Å². The Morgan fingerprint density at radius 2 is 2.12 bits per heavy atom. The summed E-state index contributed by atoms with van der Waals surface area (Å²) in [6, 6.07) is 11.4. The van der Waals surface area contributed by atoms with E-state index in [1.165, 1.54) is 11.3 Å². The number of ether oxygens (including phenoxy) is 1. The molecule has 1 fully saturated rings. The molecule has 1 aromatic carbocycles. The molecule has 6 heteroatoms. The van der Waals surface area contributed by atoms with Gasteiger partial charge in [0.15, 0.2) is 0 Å². The van der Waals surface area contributed by atoms with Crippen LogP contribution in [-0.2, 0) is 0 Å². The van der Waals surface area contributed by atoms with Crippen LogP contribution in [0, 0.1) is 0 Å². The van der Waals surface area contributed by atoms with E-state index in [1.807, 2.05) is 41.8 Å². The number of H-pyrrole nitrogens is 1. The Morgan fingerprint density at radius 1 is 1.29 bits per heavy atom. The van der Waals surface area contributed by atoms with Crippen molar-refractivity contribution in [2.75, 3.05) is 12.4 Å². The molecule has 1 aliphatic carbocycles. The minimum atomic E-state index is -0.107. The maximum absolute atomic E-state index is 12.5. The highest BCUT2D eigenvalue weighted by Gasteiger charge is 2.31. The number of nitrogens with one attached hydrogen (secondary N) is 2. The van der Waals surface area contributed by atoms with E-state index >= 15 is 0 Å². The van der Waals surface area contributed by atoms with E-state index in [0.717, 1.165) is 41.2 Å². The van der Waals surface area contributed by atoms with Crippen molar-refractivity contribution in [3.8, 4) is 17.0 Å². The molecule has 1 saturated carbocycles. The van der Waals surface area contributed by atoms with Gasteiger partial charge >= 0.3 is 0 Å². The molecule has 1 aliphatic rings. The van der Waals surface area contributed by atoms with E-state index in [4.69, 9.17) is 4.74 Å². The number of carbonyl (C=O) groups excluding carboxylic acids is 1. The van der Waals surface area contributed by atoms with E-state index < -0.39 is 0 Å². The van der Waals surface area contributed by atoms with Crippen LogP contribution in [0.1, 0.15) is 34.1 Å². The number of methoxy groups -OCH3 is 1. The minimum Gasteiger partial charge on any atom is -0.496 e. The number of amides is 1. The fourth-order valence-electron chi connectivity index (χ4n) is 2.77. The lowest BCUT2D eigenvalue weighted by Crippen LogP contribution is -2.11. The summed E-state index contributed by atoms with van der Waals surface area (Å²) in [5.74, 6) is 1.07. The first-order chi connectivity index (χ1) is 11.8. The van der Waals surface area contributed by atoms with Crippen LogP contribution >= 0.6 is 11.3 Å². The molecule has 0 radical (unpaired) electrons. The molecule has 2 N–H and O–H groups in total. The van der Waals surface area contributed by atoms with Crippen molar-refractivity contribution >= 4 is 22.9 Å². The fraction of sp³-hybridized carbons (Fsp3) is 0.222. The van der Waals surface area contributed by atoms with Crippen molar-refractivity contribution in [2.45, 2.75) is 18.8 Å². The zero-order chi connectivity index (χ0) is 16.5. The zero-order valence-corrected chi connectivity index (χ0v) is 14.0. The molecule has 0 saturated heterocycles. The molecule has 3 aromatic rings. The highest BCUT2D eigenvalue weighted by atomic mass is 32.1. The molecule has 0 atom stereocenters. The zero-order valence-electron chi connectivity index (χ0n) is 13.2. The van der Waals surface area contributed by atoms with Crippen LogP contribution < -0.4 is 10.1 Å². The van der Waals surface area contributed by atoms with Crippen LogP contribution in [0.4, 0.5) is 5.69 Å². The van der Waals surface area contributed by atoms with Crippen molar-refractivity contribution in [1.29, 1.82) is 0 Å². The maximum atomic E-state index is 12.5. The van der Waals surface area contributed by atoms with E-state index in [-0.39, 0.29) is 5.91 Å². The van der Waals surface area contributed by atoms with Crippen molar-refractivity contribution < 1.29 is 9.53 Å². The lowest BCUT2D eigenvalue weighted by molar-refractivity contribution is 0.103. The van der Waals surface area contributed by atoms with Gasteiger partial charge in [0, 0.05) is 11.5 Å². The van der Waals surface area contributed by atoms with E-state index in [2.05, 4.69) is 15.5 Å². The van der Waals surface area contributed by atoms with Gasteiger partial charge in [0.25, 0.3) is 5.91 Å². The Labute approximate surface area is 143 Å². The predicted molar refractivity (Wildman–Crippen MR) is 94.8 cm³/mol. The van der Waals surface area contributed by atoms with Crippen LogP contribution in [0.5, 0.6) is 5.75 Å². The van der Waals surface area contributed by atoms with Crippen LogP contribution in [-0.4, -0.2) is 23.2 Å². The highest BCUT2D eigenvalue weighted by Crippen LogP contribution is 2.46. The summed E-state index contributed by atoms with van der Waals surface area (Å²) in [5, 5.41) is 12.5.